The molecule has 4 N–H and O–H groups in total. The fraction of sp³-hybridized carbons (Fsp3) is 0.333. The lowest BCUT2D eigenvalue weighted by Crippen LogP contribution is -2.34. The van der Waals surface area contributed by atoms with Gasteiger partial charge in [-0.1, -0.05) is 0 Å². The molecule has 0 atom stereocenters. The monoisotopic (exact) mass is 315 g/mol. The fourth-order valence-electron chi connectivity index (χ4n) is 1.55. The first kappa shape index (κ1) is 16.9. The van der Waals surface area contributed by atoms with Crippen LogP contribution in [0.4, 0.5) is 5.69 Å². The minimum Gasteiger partial charge on any atom is -0.465 e. The van der Waals surface area contributed by atoms with Crippen molar-refractivity contribution >= 4 is 27.6 Å². The van der Waals surface area contributed by atoms with Gasteiger partial charge in [0.05, 0.1) is 17.6 Å². The van der Waals surface area contributed by atoms with Gasteiger partial charge in [-0.15, -0.1) is 0 Å². The van der Waals surface area contributed by atoms with E-state index in [1.54, 1.807) is 0 Å². The molecule has 0 aliphatic carbocycles. The van der Waals surface area contributed by atoms with Crippen LogP contribution < -0.4 is 15.8 Å². The lowest BCUT2D eigenvalue weighted by Gasteiger charge is -2.11. The summed E-state index contributed by atoms with van der Waals surface area (Å²) in [6.45, 7) is 1.45. The summed E-state index contributed by atoms with van der Waals surface area (Å²) in [5.41, 5.74) is 5.64. The molecule has 1 rings (SSSR count). The number of carbonyl (C=O) groups is 2. The predicted octanol–water partition coefficient (Wildman–Crippen LogP) is -0.530. The molecule has 0 radical (unpaired) electrons. The number of anilines is 1. The largest absolute Gasteiger partial charge is 0.465 e. The Morgan fingerprint density at radius 2 is 1.95 bits per heavy atom. The Hall–Kier alpha value is -2.13. The molecule has 0 aliphatic rings. The van der Waals surface area contributed by atoms with Crippen molar-refractivity contribution in [3.63, 3.8) is 0 Å². The predicted molar refractivity (Wildman–Crippen MR) is 76.1 cm³/mol. The van der Waals surface area contributed by atoms with Crippen LogP contribution >= 0.6 is 0 Å². The molecular weight excluding hydrogens is 298 g/mol. The Morgan fingerprint density at radius 3 is 2.52 bits per heavy atom. The average molecular weight is 315 g/mol. The van der Waals surface area contributed by atoms with Crippen molar-refractivity contribution in [1.82, 2.24) is 10.0 Å². The maximum Gasteiger partial charge on any atom is 0.339 e. The molecule has 1 aromatic carbocycles. The molecule has 8 nitrogen and oxygen atoms in total. The number of hydrogen-bond donors (Lipinski definition) is 3. The van der Waals surface area contributed by atoms with Crippen molar-refractivity contribution in [1.29, 1.82) is 0 Å². The maximum atomic E-state index is 12.2. The van der Waals surface area contributed by atoms with Gasteiger partial charge >= 0.3 is 5.97 Å². The SMILES string of the molecule is COC(=O)c1cc(N)ccc1S(=O)(=O)NCCNC(C)=O. The van der Waals surface area contributed by atoms with Crippen molar-refractivity contribution in [2.24, 2.45) is 0 Å². The second kappa shape index (κ2) is 7.04. The van der Waals surface area contributed by atoms with Crippen molar-refractivity contribution in [2.45, 2.75) is 11.8 Å². The van der Waals surface area contributed by atoms with E-state index in [9.17, 15) is 18.0 Å². The number of carbonyl (C=O) groups excluding carboxylic acids is 2. The standard InChI is InChI=1S/C12H17N3O5S/c1-8(16)14-5-6-15-21(18,19)11-4-3-9(13)7-10(11)12(17)20-2/h3-4,7,15H,5-6,13H2,1-2H3,(H,14,16). The molecular formula is C12H17N3O5S. The lowest BCUT2D eigenvalue weighted by atomic mass is 10.2. The highest BCUT2D eigenvalue weighted by Crippen LogP contribution is 2.19. The minimum absolute atomic E-state index is 0.00704. The van der Waals surface area contributed by atoms with E-state index in [1.165, 1.54) is 25.1 Å². The van der Waals surface area contributed by atoms with Gasteiger partial charge < -0.3 is 15.8 Å². The minimum atomic E-state index is -3.92. The molecule has 0 heterocycles. The molecule has 9 heteroatoms. The van der Waals surface area contributed by atoms with Crippen LogP contribution in [0.2, 0.25) is 0 Å². The Kier molecular flexibility index (Phi) is 5.68. The molecule has 0 unspecified atom stereocenters. The van der Waals surface area contributed by atoms with Gasteiger partial charge in [-0.3, -0.25) is 4.79 Å². The van der Waals surface area contributed by atoms with Crippen LogP contribution in [-0.4, -0.2) is 40.5 Å². The zero-order valence-electron chi connectivity index (χ0n) is 11.7. The van der Waals surface area contributed by atoms with Gasteiger partial charge in [0.2, 0.25) is 15.9 Å². The smallest absolute Gasteiger partial charge is 0.339 e. The van der Waals surface area contributed by atoms with E-state index in [0.717, 1.165) is 7.11 Å². The zero-order chi connectivity index (χ0) is 16.0. The number of nitrogens with two attached hydrogens (primary N) is 1. The van der Waals surface area contributed by atoms with Gasteiger partial charge in [-0.25, -0.2) is 17.9 Å². The van der Waals surface area contributed by atoms with Crippen LogP contribution in [0, 0.1) is 0 Å². The summed E-state index contributed by atoms with van der Waals surface area (Å²) in [6.07, 6.45) is 0. The van der Waals surface area contributed by atoms with E-state index in [1.807, 2.05) is 0 Å². The highest BCUT2D eigenvalue weighted by molar-refractivity contribution is 7.89. The Bertz CT molecular complexity index is 642. The summed E-state index contributed by atoms with van der Waals surface area (Å²) in [4.78, 5) is 22.1. The van der Waals surface area contributed by atoms with Gasteiger partial charge in [0.25, 0.3) is 0 Å². The van der Waals surface area contributed by atoms with Crippen molar-refractivity contribution in [3.05, 3.63) is 23.8 Å². The van der Waals surface area contributed by atoms with E-state index in [0.29, 0.717) is 0 Å². The molecule has 0 saturated heterocycles. The van der Waals surface area contributed by atoms with E-state index in [4.69, 9.17) is 5.73 Å². The second-order valence-electron chi connectivity index (χ2n) is 4.13. The summed E-state index contributed by atoms with van der Waals surface area (Å²) in [5.74, 6) is -1.07. The van der Waals surface area contributed by atoms with Gasteiger partial charge in [0.15, 0.2) is 0 Å². The first-order valence-electron chi connectivity index (χ1n) is 6.00. The first-order chi connectivity index (χ1) is 9.77. The van der Waals surface area contributed by atoms with Crippen LogP contribution in [0.3, 0.4) is 0 Å². The van der Waals surface area contributed by atoms with Gasteiger partial charge in [-0.05, 0) is 18.2 Å². The van der Waals surface area contributed by atoms with E-state index in [-0.39, 0.29) is 35.1 Å². The molecule has 0 spiro atoms. The topological polar surface area (TPSA) is 128 Å². The van der Waals surface area contributed by atoms with Crippen LogP contribution in [0.25, 0.3) is 0 Å². The lowest BCUT2D eigenvalue weighted by molar-refractivity contribution is -0.118. The van der Waals surface area contributed by atoms with E-state index in [2.05, 4.69) is 14.8 Å². The first-order valence-corrected chi connectivity index (χ1v) is 7.48. The van der Waals surface area contributed by atoms with Gasteiger partial charge in [-0.2, -0.15) is 0 Å². The molecule has 0 fully saturated rings. The molecule has 0 saturated carbocycles. The number of amides is 1. The van der Waals surface area contributed by atoms with Crippen LogP contribution in [0.15, 0.2) is 23.1 Å². The Balaban J connectivity index is 2.97. The van der Waals surface area contributed by atoms with Gasteiger partial charge in [0, 0.05) is 25.7 Å². The maximum absolute atomic E-state index is 12.2. The number of methoxy groups -OCH3 is 1. The number of sulfonamides is 1. The van der Waals surface area contributed by atoms with Crippen LogP contribution in [-0.2, 0) is 19.6 Å². The molecule has 1 aromatic rings. The summed E-state index contributed by atoms with van der Waals surface area (Å²) in [7, 11) is -2.77. The van der Waals surface area contributed by atoms with Gasteiger partial charge in [0.1, 0.15) is 0 Å². The normalized spacial score (nSPS) is 11.0. The molecule has 1 amide bonds. The molecule has 116 valence electrons. The summed E-state index contributed by atoms with van der Waals surface area (Å²) in [6, 6.07) is 3.82. The van der Waals surface area contributed by atoms with Crippen LogP contribution in [0.5, 0.6) is 0 Å². The van der Waals surface area contributed by atoms with E-state index < -0.39 is 16.0 Å². The van der Waals surface area contributed by atoms with E-state index >= 15 is 0 Å². The van der Waals surface area contributed by atoms with Crippen LogP contribution in [0.1, 0.15) is 17.3 Å². The Labute approximate surface area is 122 Å². The number of hydrogen-bond acceptors (Lipinski definition) is 6. The Morgan fingerprint density at radius 1 is 1.29 bits per heavy atom. The third kappa shape index (κ3) is 4.72. The molecule has 0 bridgehead atoms. The number of rotatable bonds is 6. The van der Waals surface area contributed by atoms with Crippen molar-refractivity contribution < 1.29 is 22.7 Å². The highest BCUT2D eigenvalue weighted by Gasteiger charge is 2.22. The van der Waals surface area contributed by atoms with Crippen molar-refractivity contribution in [2.75, 3.05) is 25.9 Å². The molecule has 0 aromatic heterocycles. The zero-order valence-corrected chi connectivity index (χ0v) is 12.5. The third-order valence-corrected chi connectivity index (χ3v) is 4.01. The number of esters is 1. The number of nitrogens with one attached hydrogen (secondary N) is 2. The summed E-state index contributed by atoms with van der Waals surface area (Å²) < 4.78 is 31.1. The highest BCUT2D eigenvalue weighted by atomic mass is 32.2. The number of benzene rings is 1. The third-order valence-electron chi connectivity index (χ3n) is 2.49. The number of ether oxygens (including phenoxy) is 1. The fourth-order valence-corrected chi connectivity index (χ4v) is 2.76. The van der Waals surface area contributed by atoms with Crippen molar-refractivity contribution in [3.8, 4) is 0 Å². The summed E-state index contributed by atoms with van der Waals surface area (Å²) >= 11 is 0. The quantitative estimate of drug-likeness (QED) is 0.368. The second-order valence-corrected chi connectivity index (χ2v) is 5.86. The molecule has 0 aliphatic heterocycles. The summed E-state index contributed by atoms with van der Waals surface area (Å²) in [5, 5.41) is 2.45. The number of nitrogen functional groups attached to an aromatic ring is 1. The molecule has 21 heavy (non-hydrogen) atoms. The average Bonchev–Trinajstić information content (AvgIpc) is 2.42.